The zero-order chi connectivity index (χ0) is 18.5. The Morgan fingerprint density at radius 2 is 2.04 bits per heavy atom. The van der Waals surface area contributed by atoms with Crippen molar-refractivity contribution in [3.05, 3.63) is 59.2 Å². The Morgan fingerprint density at radius 1 is 1.19 bits per heavy atom. The Hall–Kier alpha value is -2.95. The summed E-state index contributed by atoms with van der Waals surface area (Å²) in [5, 5.41) is 2.96. The zero-order valence-electron chi connectivity index (χ0n) is 15.2. The molecule has 0 spiro atoms. The lowest BCUT2D eigenvalue weighted by Crippen LogP contribution is -2.25. The predicted octanol–water partition coefficient (Wildman–Crippen LogP) is 3.53. The van der Waals surface area contributed by atoms with E-state index < -0.39 is 0 Å². The number of fused-ring (bicyclic) bond motifs is 1. The first-order chi connectivity index (χ1) is 12.6. The second kappa shape index (κ2) is 7.95. The maximum atomic E-state index is 12.3. The molecular weight excluding hydrogens is 330 g/mol. The van der Waals surface area contributed by atoms with Crippen molar-refractivity contribution in [1.29, 1.82) is 0 Å². The molecule has 1 atom stereocenters. The minimum atomic E-state index is -0.193. The first kappa shape index (κ1) is 17.9. The second-order valence-electron chi connectivity index (χ2n) is 6.14. The number of ether oxygens (including phenoxy) is 3. The summed E-state index contributed by atoms with van der Waals surface area (Å²) >= 11 is 0. The summed E-state index contributed by atoms with van der Waals surface area (Å²) in [6, 6.07) is 11.3. The highest BCUT2D eigenvalue weighted by molar-refractivity contribution is 5.92. The number of rotatable bonds is 6. The van der Waals surface area contributed by atoms with Crippen LogP contribution in [0.25, 0.3) is 6.08 Å². The summed E-state index contributed by atoms with van der Waals surface area (Å²) < 4.78 is 16.1. The van der Waals surface area contributed by atoms with Crippen LogP contribution in [0.15, 0.2) is 42.5 Å². The third-order valence-electron chi connectivity index (χ3n) is 4.41. The molecular formula is C21H23NO4. The highest BCUT2D eigenvalue weighted by atomic mass is 16.5. The third kappa shape index (κ3) is 3.99. The molecule has 1 heterocycles. The predicted molar refractivity (Wildman–Crippen MR) is 101 cm³/mol. The number of benzene rings is 2. The molecule has 1 aliphatic rings. The van der Waals surface area contributed by atoms with Crippen LogP contribution >= 0.6 is 0 Å². The lowest BCUT2D eigenvalue weighted by Gasteiger charge is -2.17. The maximum absolute atomic E-state index is 12.3. The van der Waals surface area contributed by atoms with Gasteiger partial charge in [-0.15, -0.1) is 0 Å². The molecule has 26 heavy (non-hydrogen) atoms. The van der Waals surface area contributed by atoms with Crippen LogP contribution in [0.4, 0.5) is 0 Å². The van der Waals surface area contributed by atoms with Gasteiger partial charge in [-0.1, -0.05) is 6.07 Å². The second-order valence-corrected chi connectivity index (χ2v) is 6.14. The van der Waals surface area contributed by atoms with Crippen LogP contribution in [0.1, 0.15) is 29.7 Å². The minimum absolute atomic E-state index is 0.160. The molecule has 1 unspecified atom stereocenters. The van der Waals surface area contributed by atoms with Gasteiger partial charge in [0.25, 0.3) is 0 Å². The SMILES string of the molecule is COc1ccc(C(C)NC(=O)/C=C/c2ccc3c(c2)CCO3)c(OC)c1. The Kier molecular flexibility index (Phi) is 5.46. The lowest BCUT2D eigenvalue weighted by atomic mass is 10.1. The van der Waals surface area contributed by atoms with E-state index in [1.807, 2.05) is 37.3 Å². The van der Waals surface area contributed by atoms with Crippen LogP contribution in [0.5, 0.6) is 17.2 Å². The van der Waals surface area contributed by atoms with Crippen LogP contribution in [0, 0.1) is 0 Å². The molecule has 1 N–H and O–H groups in total. The summed E-state index contributed by atoms with van der Waals surface area (Å²) in [5.74, 6) is 2.17. The van der Waals surface area contributed by atoms with Crippen molar-refractivity contribution < 1.29 is 19.0 Å². The summed E-state index contributed by atoms with van der Waals surface area (Å²) in [6.07, 6.45) is 4.27. The Labute approximate surface area is 153 Å². The number of amides is 1. The fourth-order valence-electron chi connectivity index (χ4n) is 3.00. The number of carbonyl (C=O) groups is 1. The van der Waals surface area contributed by atoms with Crippen molar-refractivity contribution in [2.75, 3.05) is 20.8 Å². The molecule has 2 aromatic rings. The van der Waals surface area contributed by atoms with E-state index in [4.69, 9.17) is 14.2 Å². The van der Waals surface area contributed by atoms with Gasteiger partial charge >= 0.3 is 0 Å². The van der Waals surface area contributed by atoms with Gasteiger partial charge in [0.2, 0.25) is 5.91 Å². The quantitative estimate of drug-likeness (QED) is 0.807. The third-order valence-corrected chi connectivity index (χ3v) is 4.41. The van der Waals surface area contributed by atoms with Gasteiger partial charge in [0.1, 0.15) is 17.2 Å². The Morgan fingerprint density at radius 3 is 2.81 bits per heavy atom. The van der Waals surface area contributed by atoms with Crippen molar-refractivity contribution >= 4 is 12.0 Å². The fraction of sp³-hybridized carbons (Fsp3) is 0.286. The first-order valence-electron chi connectivity index (χ1n) is 8.57. The van der Waals surface area contributed by atoms with Crippen LogP contribution in [0.2, 0.25) is 0 Å². The number of carbonyl (C=O) groups excluding carboxylic acids is 1. The average Bonchev–Trinajstić information content (AvgIpc) is 3.13. The van der Waals surface area contributed by atoms with E-state index >= 15 is 0 Å². The molecule has 0 bridgehead atoms. The van der Waals surface area contributed by atoms with Gasteiger partial charge in [0.05, 0.1) is 26.9 Å². The van der Waals surface area contributed by atoms with E-state index in [9.17, 15) is 4.79 Å². The van der Waals surface area contributed by atoms with E-state index in [1.54, 1.807) is 26.4 Å². The summed E-state index contributed by atoms with van der Waals surface area (Å²) in [5.41, 5.74) is 3.06. The molecule has 0 fully saturated rings. The highest BCUT2D eigenvalue weighted by Gasteiger charge is 2.14. The van der Waals surface area contributed by atoms with Gasteiger partial charge < -0.3 is 19.5 Å². The van der Waals surface area contributed by atoms with E-state index in [0.717, 1.165) is 29.9 Å². The number of hydrogen-bond acceptors (Lipinski definition) is 4. The lowest BCUT2D eigenvalue weighted by molar-refractivity contribution is -0.117. The molecule has 0 radical (unpaired) electrons. The van der Waals surface area contributed by atoms with Gasteiger partial charge in [-0.3, -0.25) is 4.79 Å². The van der Waals surface area contributed by atoms with Crippen molar-refractivity contribution in [3.63, 3.8) is 0 Å². The fourth-order valence-corrected chi connectivity index (χ4v) is 3.00. The van der Waals surface area contributed by atoms with Gasteiger partial charge in [-0.25, -0.2) is 0 Å². The van der Waals surface area contributed by atoms with E-state index in [0.29, 0.717) is 11.5 Å². The molecule has 5 heteroatoms. The van der Waals surface area contributed by atoms with Crippen molar-refractivity contribution in [2.45, 2.75) is 19.4 Å². The van der Waals surface area contributed by atoms with Crippen LogP contribution in [-0.2, 0) is 11.2 Å². The standard InChI is InChI=1S/C21H23NO4/c1-14(18-7-6-17(24-2)13-20(18)25-3)22-21(23)9-5-15-4-8-19-16(12-15)10-11-26-19/h4-9,12-14H,10-11H2,1-3H3,(H,22,23)/b9-5+. The van der Waals surface area contributed by atoms with Crippen LogP contribution in [-0.4, -0.2) is 26.7 Å². The van der Waals surface area contributed by atoms with E-state index in [-0.39, 0.29) is 11.9 Å². The first-order valence-corrected chi connectivity index (χ1v) is 8.57. The molecule has 5 nitrogen and oxygen atoms in total. The van der Waals surface area contributed by atoms with Crippen molar-refractivity contribution in [1.82, 2.24) is 5.32 Å². The largest absolute Gasteiger partial charge is 0.497 e. The average molecular weight is 353 g/mol. The smallest absolute Gasteiger partial charge is 0.244 e. The maximum Gasteiger partial charge on any atom is 0.244 e. The number of methoxy groups -OCH3 is 2. The molecule has 0 saturated heterocycles. The topological polar surface area (TPSA) is 56.8 Å². The number of nitrogens with one attached hydrogen (secondary N) is 1. The van der Waals surface area contributed by atoms with Crippen LogP contribution in [0.3, 0.4) is 0 Å². The van der Waals surface area contributed by atoms with Gasteiger partial charge in [0.15, 0.2) is 0 Å². The molecule has 2 aromatic carbocycles. The monoisotopic (exact) mass is 353 g/mol. The van der Waals surface area contributed by atoms with E-state index in [2.05, 4.69) is 11.4 Å². The molecule has 1 aliphatic heterocycles. The highest BCUT2D eigenvalue weighted by Crippen LogP contribution is 2.29. The number of hydrogen-bond donors (Lipinski definition) is 1. The van der Waals surface area contributed by atoms with Crippen molar-refractivity contribution in [3.8, 4) is 17.2 Å². The summed E-state index contributed by atoms with van der Waals surface area (Å²) in [4.78, 5) is 12.3. The molecule has 0 saturated carbocycles. The molecule has 136 valence electrons. The van der Waals surface area contributed by atoms with Gasteiger partial charge in [-0.2, -0.15) is 0 Å². The molecule has 1 amide bonds. The molecule has 0 aromatic heterocycles. The van der Waals surface area contributed by atoms with E-state index in [1.165, 1.54) is 5.56 Å². The zero-order valence-corrected chi connectivity index (χ0v) is 15.2. The normalized spacial score (nSPS) is 13.8. The van der Waals surface area contributed by atoms with Gasteiger partial charge in [-0.05, 0) is 48.4 Å². The Balaban J connectivity index is 1.66. The summed E-state index contributed by atoms with van der Waals surface area (Å²) in [7, 11) is 3.21. The van der Waals surface area contributed by atoms with Crippen molar-refractivity contribution in [2.24, 2.45) is 0 Å². The van der Waals surface area contributed by atoms with Gasteiger partial charge in [0, 0.05) is 24.1 Å². The minimum Gasteiger partial charge on any atom is -0.497 e. The Bertz CT molecular complexity index is 829. The molecule has 0 aliphatic carbocycles. The summed E-state index contributed by atoms with van der Waals surface area (Å²) in [6.45, 7) is 2.65. The molecule has 3 rings (SSSR count). The van der Waals surface area contributed by atoms with Crippen LogP contribution < -0.4 is 19.5 Å².